The van der Waals surface area contributed by atoms with Crippen LogP contribution in [-0.2, 0) is 0 Å². The number of hydrogen-bond acceptors (Lipinski definition) is 3. The topological polar surface area (TPSA) is 43.6 Å². The first-order chi connectivity index (χ1) is 29.2. The standard InChI is InChI=1S/C55H34N4/c1-3-16-36(17-4-1)46-34-47(55-57-53(38-19-5-2-6-20-38)56-54(58-55)42-28-27-35-15-7-8-21-39(35)31-42)44-25-13-14-26-45(44)52(46)59-49-30-29-37-18-11-12-24-43(37)51(49)48-32-40-22-9-10-23-41(40)33-50(48)59/h1-34H. The quantitative estimate of drug-likeness (QED) is 0.176. The predicted molar refractivity (Wildman–Crippen MR) is 246 cm³/mol. The lowest BCUT2D eigenvalue weighted by Crippen LogP contribution is -2.03. The van der Waals surface area contributed by atoms with E-state index in [-0.39, 0.29) is 0 Å². The minimum Gasteiger partial charge on any atom is -0.308 e. The van der Waals surface area contributed by atoms with E-state index in [1.54, 1.807) is 0 Å². The Hall–Kier alpha value is -7.95. The van der Waals surface area contributed by atoms with Gasteiger partial charge in [-0.1, -0.05) is 176 Å². The Morgan fingerprint density at radius 3 is 1.58 bits per heavy atom. The Morgan fingerprint density at radius 1 is 0.288 bits per heavy atom. The Labute approximate surface area is 340 Å². The van der Waals surface area contributed by atoms with Gasteiger partial charge in [-0.25, -0.2) is 15.0 Å². The van der Waals surface area contributed by atoms with Crippen LogP contribution in [0.5, 0.6) is 0 Å². The molecule has 10 aromatic carbocycles. The van der Waals surface area contributed by atoms with Gasteiger partial charge >= 0.3 is 0 Å². The van der Waals surface area contributed by atoms with Gasteiger partial charge in [0.05, 0.1) is 16.7 Å². The summed E-state index contributed by atoms with van der Waals surface area (Å²) in [7, 11) is 0. The number of benzene rings is 10. The van der Waals surface area contributed by atoms with Crippen LogP contribution in [0.25, 0.3) is 116 Å². The van der Waals surface area contributed by atoms with E-state index in [1.165, 1.54) is 37.7 Å². The molecule has 274 valence electrons. The highest BCUT2D eigenvalue weighted by Gasteiger charge is 2.24. The van der Waals surface area contributed by atoms with Gasteiger partial charge < -0.3 is 4.57 Å². The molecule has 4 nitrogen and oxygen atoms in total. The molecule has 0 bridgehead atoms. The lowest BCUT2D eigenvalue weighted by atomic mass is 9.93. The smallest absolute Gasteiger partial charge is 0.164 e. The van der Waals surface area contributed by atoms with Gasteiger partial charge in [-0.3, -0.25) is 0 Å². The molecule has 0 saturated carbocycles. The lowest BCUT2D eigenvalue weighted by Gasteiger charge is -2.20. The summed E-state index contributed by atoms with van der Waals surface area (Å²) in [6.07, 6.45) is 0. The molecule has 59 heavy (non-hydrogen) atoms. The molecule has 4 heteroatoms. The summed E-state index contributed by atoms with van der Waals surface area (Å²) < 4.78 is 2.50. The maximum Gasteiger partial charge on any atom is 0.164 e. The van der Waals surface area contributed by atoms with Gasteiger partial charge in [-0.15, -0.1) is 0 Å². The Morgan fingerprint density at radius 2 is 0.831 bits per heavy atom. The summed E-state index contributed by atoms with van der Waals surface area (Å²) in [6, 6.07) is 73.6. The van der Waals surface area contributed by atoms with Crippen LogP contribution in [0, 0.1) is 0 Å². The second kappa shape index (κ2) is 13.3. The van der Waals surface area contributed by atoms with E-state index >= 15 is 0 Å². The van der Waals surface area contributed by atoms with Crippen molar-refractivity contribution in [3.63, 3.8) is 0 Å². The summed E-state index contributed by atoms with van der Waals surface area (Å²) in [4.78, 5) is 15.7. The summed E-state index contributed by atoms with van der Waals surface area (Å²) >= 11 is 0. The Kier molecular flexibility index (Phi) is 7.50. The first-order valence-electron chi connectivity index (χ1n) is 20.0. The van der Waals surface area contributed by atoms with Crippen LogP contribution in [0.4, 0.5) is 0 Å². The molecule has 0 aliphatic rings. The molecule has 0 atom stereocenters. The molecule has 2 heterocycles. The van der Waals surface area contributed by atoms with Crippen molar-refractivity contribution in [2.24, 2.45) is 0 Å². The zero-order valence-electron chi connectivity index (χ0n) is 31.9. The molecule has 0 unspecified atom stereocenters. The molecular formula is C55H34N4. The maximum absolute atomic E-state index is 5.32. The highest BCUT2D eigenvalue weighted by molar-refractivity contribution is 6.24. The highest BCUT2D eigenvalue weighted by Crippen LogP contribution is 2.45. The van der Waals surface area contributed by atoms with Gasteiger partial charge in [-0.05, 0) is 73.6 Å². The van der Waals surface area contributed by atoms with E-state index in [0.29, 0.717) is 17.5 Å². The highest BCUT2D eigenvalue weighted by atomic mass is 15.0. The van der Waals surface area contributed by atoms with Crippen molar-refractivity contribution >= 4 is 64.9 Å². The third kappa shape index (κ3) is 5.42. The number of fused-ring (bicyclic) bond motifs is 8. The minimum atomic E-state index is 0.626. The fourth-order valence-electron chi connectivity index (χ4n) is 9.01. The van der Waals surface area contributed by atoms with Gasteiger partial charge in [0.1, 0.15) is 0 Å². The molecule has 0 fully saturated rings. The van der Waals surface area contributed by atoms with E-state index in [2.05, 4.69) is 193 Å². The predicted octanol–water partition coefficient (Wildman–Crippen LogP) is 14.2. The average molecular weight is 751 g/mol. The molecule has 0 aliphatic heterocycles. The zero-order valence-corrected chi connectivity index (χ0v) is 31.9. The van der Waals surface area contributed by atoms with Crippen LogP contribution >= 0.6 is 0 Å². The fraction of sp³-hybridized carbons (Fsp3) is 0. The van der Waals surface area contributed by atoms with E-state index in [1.807, 2.05) is 18.2 Å². The van der Waals surface area contributed by atoms with Crippen molar-refractivity contribution in [3.8, 4) is 51.0 Å². The van der Waals surface area contributed by atoms with Crippen LogP contribution in [-0.4, -0.2) is 19.5 Å². The third-order valence-electron chi connectivity index (χ3n) is 11.8. The first-order valence-corrected chi connectivity index (χ1v) is 20.0. The van der Waals surface area contributed by atoms with Crippen molar-refractivity contribution < 1.29 is 0 Å². The minimum absolute atomic E-state index is 0.626. The molecule has 0 amide bonds. The molecule has 0 N–H and O–H groups in total. The summed E-state index contributed by atoms with van der Waals surface area (Å²) in [6.45, 7) is 0. The van der Waals surface area contributed by atoms with Crippen molar-refractivity contribution in [1.29, 1.82) is 0 Å². The largest absolute Gasteiger partial charge is 0.308 e. The van der Waals surface area contributed by atoms with E-state index in [9.17, 15) is 0 Å². The zero-order chi connectivity index (χ0) is 38.9. The number of aromatic nitrogens is 4. The number of hydrogen-bond donors (Lipinski definition) is 0. The summed E-state index contributed by atoms with van der Waals surface area (Å²) in [5, 5.41) is 11.9. The van der Waals surface area contributed by atoms with Crippen LogP contribution < -0.4 is 0 Å². The van der Waals surface area contributed by atoms with Gasteiger partial charge in [-0.2, -0.15) is 0 Å². The van der Waals surface area contributed by atoms with E-state index in [0.717, 1.165) is 60.7 Å². The van der Waals surface area contributed by atoms with Gasteiger partial charge in [0, 0.05) is 38.4 Å². The Balaban J connectivity index is 1.20. The summed E-state index contributed by atoms with van der Waals surface area (Å²) in [5.74, 6) is 1.89. The number of nitrogens with zero attached hydrogens (tertiary/aromatic N) is 4. The number of rotatable bonds is 5. The van der Waals surface area contributed by atoms with Crippen LogP contribution in [0.1, 0.15) is 0 Å². The van der Waals surface area contributed by atoms with Gasteiger partial charge in [0.2, 0.25) is 0 Å². The van der Waals surface area contributed by atoms with Crippen molar-refractivity contribution in [2.75, 3.05) is 0 Å². The molecule has 12 aromatic rings. The van der Waals surface area contributed by atoms with Crippen LogP contribution in [0.2, 0.25) is 0 Å². The molecule has 0 saturated heterocycles. The first kappa shape index (κ1) is 33.2. The molecule has 0 spiro atoms. The SMILES string of the molecule is c1ccc(-c2nc(-c3ccc4ccccc4c3)nc(-c3cc(-c4ccccc4)c(-n4c5cc6ccccc6cc5c5c6ccccc6ccc54)c4ccccc34)n2)cc1. The summed E-state index contributed by atoms with van der Waals surface area (Å²) in [5.41, 5.74) is 8.47. The van der Waals surface area contributed by atoms with Crippen LogP contribution in [0.15, 0.2) is 206 Å². The van der Waals surface area contributed by atoms with Crippen molar-refractivity contribution in [1.82, 2.24) is 19.5 Å². The van der Waals surface area contributed by atoms with E-state index in [4.69, 9.17) is 15.0 Å². The molecule has 12 rings (SSSR count). The average Bonchev–Trinajstić information content (AvgIpc) is 3.63. The Bertz CT molecular complexity index is 3610. The van der Waals surface area contributed by atoms with Gasteiger partial charge in [0.15, 0.2) is 17.5 Å². The van der Waals surface area contributed by atoms with Gasteiger partial charge in [0.25, 0.3) is 0 Å². The second-order valence-electron chi connectivity index (χ2n) is 15.2. The third-order valence-corrected chi connectivity index (χ3v) is 11.8. The van der Waals surface area contributed by atoms with Crippen molar-refractivity contribution in [3.05, 3.63) is 206 Å². The van der Waals surface area contributed by atoms with Crippen molar-refractivity contribution in [2.45, 2.75) is 0 Å². The second-order valence-corrected chi connectivity index (χ2v) is 15.2. The maximum atomic E-state index is 5.32. The molecule has 2 aromatic heterocycles. The molecule has 0 aliphatic carbocycles. The van der Waals surface area contributed by atoms with Crippen LogP contribution in [0.3, 0.4) is 0 Å². The lowest BCUT2D eigenvalue weighted by molar-refractivity contribution is 1.08. The molecular weight excluding hydrogens is 717 g/mol. The van der Waals surface area contributed by atoms with E-state index < -0.39 is 0 Å². The normalized spacial score (nSPS) is 11.7. The monoisotopic (exact) mass is 750 g/mol. The fourth-order valence-corrected chi connectivity index (χ4v) is 9.01. The molecule has 0 radical (unpaired) electrons.